The maximum absolute atomic E-state index is 6.74. The van der Waals surface area contributed by atoms with E-state index in [1.807, 2.05) is 6.08 Å². The van der Waals surface area contributed by atoms with Crippen LogP contribution in [0.15, 0.2) is 24.4 Å². The summed E-state index contributed by atoms with van der Waals surface area (Å²) < 4.78 is 0. The van der Waals surface area contributed by atoms with Crippen molar-refractivity contribution in [2.24, 2.45) is 0 Å². The van der Waals surface area contributed by atoms with Crippen molar-refractivity contribution in [1.29, 1.82) is 5.41 Å². The van der Waals surface area contributed by atoms with Gasteiger partial charge in [0, 0.05) is 24.5 Å². The summed E-state index contributed by atoms with van der Waals surface area (Å²) in [4.78, 5) is 7.75. The smallest absolute Gasteiger partial charge is 0.220 e. The van der Waals surface area contributed by atoms with Crippen molar-refractivity contribution < 1.29 is 0 Å². The Hall–Kier alpha value is -1.71. The van der Waals surface area contributed by atoms with Gasteiger partial charge in [0.15, 0.2) is 0 Å². The maximum Gasteiger partial charge on any atom is 0.220 e. The van der Waals surface area contributed by atoms with Gasteiger partial charge in [0.2, 0.25) is 5.95 Å². The second-order valence-electron chi connectivity index (χ2n) is 2.21. The molecule has 0 bridgehead atoms. The predicted molar refractivity (Wildman–Crippen MR) is 48.1 cm³/mol. The van der Waals surface area contributed by atoms with Crippen LogP contribution < -0.4 is 5.73 Å². The molecule has 4 nitrogen and oxygen atoms in total. The average molecular weight is 162 g/mol. The molecule has 0 atom stereocenters. The van der Waals surface area contributed by atoms with Crippen LogP contribution in [0.2, 0.25) is 0 Å². The lowest BCUT2D eigenvalue weighted by molar-refractivity contribution is 1.06. The van der Waals surface area contributed by atoms with Crippen molar-refractivity contribution >= 4 is 12.2 Å². The zero-order chi connectivity index (χ0) is 8.81. The lowest BCUT2D eigenvalue weighted by Gasteiger charge is -1.94. The molecule has 0 spiro atoms. The number of hydrogen-bond donors (Lipinski definition) is 2. The zero-order valence-corrected chi connectivity index (χ0v) is 6.57. The van der Waals surface area contributed by atoms with Gasteiger partial charge in [0.1, 0.15) is 0 Å². The minimum Gasteiger partial charge on any atom is -0.368 e. The van der Waals surface area contributed by atoms with E-state index >= 15 is 0 Å². The molecule has 0 aliphatic carbocycles. The van der Waals surface area contributed by atoms with Gasteiger partial charge in [0.05, 0.1) is 0 Å². The van der Waals surface area contributed by atoms with Gasteiger partial charge in [-0.3, -0.25) is 0 Å². The fraction of sp³-hybridized carbons (Fsp3) is 0.125. The van der Waals surface area contributed by atoms with Crippen molar-refractivity contribution in [3.63, 3.8) is 0 Å². The monoisotopic (exact) mass is 162 g/mol. The molecule has 0 amide bonds. The second-order valence-corrected chi connectivity index (χ2v) is 2.21. The Morgan fingerprint density at radius 2 is 2.42 bits per heavy atom. The van der Waals surface area contributed by atoms with Crippen LogP contribution in [0.3, 0.4) is 0 Å². The van der Waals surface area contributed by atoms with Crippen LogP contribution in [-0.2, 0) is 6.42 Å². The molecular weight excluding hydrogens is 152 g/mol. The van der Waals surface area contributed by atoms with Crippen LogP contribution >= 0.6 is 0 Å². The molecule has 0 radical (unpaired) electrons. The van der Waals surface area contributed by atoms with Crippen LogP contribution in [-0.4, -0.2) is 16.2 Å². The number of aromatic nitrogens is 2. The van der Waals surface area contributed by atoms with Gasteiger partial charge in [0.25, 0.3) is 0 Å². The molecule has 0 saturated carbocycles. The minimum atomic E-state index is 0.288. The van der Waals surface area contributed by atoms with Gasteiger partial charge >= 0.3 is 0 Å². The van der Waals surface area contributed by atoms with Crippen LogP contribution in [0.25, 0.3) is 0 Å². The summed E-state index contributed by atoms with van der Waals surface area (Å²) in [5.74, 6) is 0.288. The number of nitrogen functional groups attached to an aromatic ring is 1. The lowest BCUT2D eigenvalue weighted by atomic mass is 10.3. The summed E-state index contributed by atoms with van der Waals surface area (Å²) in [7, 11) is 0. The first-order valence-electron chi connectivity index (χ1n) is 3.56. The highest BCUT2D eigenvalue weighted by Crippen LogP contribution is 1.97. The van der Waals surface area contributed by atoms with Crippen LogP contribution in [0.1, 0.15) is 5.69 Å². The standard InChI is InChI=1S/C8H10N4/c9-5-2-1-3-7-4-6-11-8(10)12-7/h1-2,4-6,9H,3H2,(H2,10,11,12)/b2-1-,9-5?. The number of nitrogens with one attached hydrogen (secondary N) is 1. The maximum atomic E-state index is 6.74. The fourth-order valence-electron chi connectivity index (χ4n) is 0.783. The molecule has 1 rings (SSSR count). The van der Waals surface area contributed by atoms with Crippen molar-refractivity contribution in [2.45, 2.75) is 6.42 Å². The molecule has 0 unspecified atom stereocenters. The first-order valence-corrected chi connectivity index (χ1v) is 3.56. The number of anilines is 1. The summed E-state index contributed by atoms with van der Waals surface area (Å²) in [6.07, 6.45) is 7.02. The van der Waals surface area contributed by atoms with Gasteiger partial charge in [-0.25, -0.2) is 9.97 Å². The molecule has 1 aromatic rings. The van der Waals surface area contributed by atoms with Crippen molar-refractivity contribution in [3.05, 3.63) is 30.1 Å². The second kappa shape index (κ2) is 4.23. The zero-order valence-electron chi connectivity index (χ0n) is 6.57. The Labute approximate surface area is 70.7 Å². The first-order chi connectivity index (χ1) is 5.83. The first kappa shape index (κ1) is 8.39. The molecule has 1 aromatic heterocycles. The molecule has 4 heteroatoms. The van der Waals surface area contributed by atoms with E-state index in [4.69, 9.17) is 11.1 Å². The molecule has 1 heterocycles. The normalized spacial score (nSPS) is 10.3. The number of nitrogens with zero attached hydrogens (tertiary/aromatic N) is 2. The third kappa shape index (κ3) is 2.49. The van der Waals surface area contributed by atoms with E-state index in [1.165, 1.54) is 6.21 Å². The Bertz CT molecular complexity index is 293. The van der Waals surface area contributed by atoms with Crippen molar-refractivity contribution in [3.8, 4) is 0 Å². The highest BCUT2D eigenvalue weighted by molar-refractivity contribution is 5.67. The molecule has 0 fully saturated rings. The van der Waals surface area contributed by atoms with E-state index < -0.39 is 0 Å². The van der Waals surface area contributed by atoms with Gasteiger partial charge < -0.3 is 11.1 Å². The van der Waals surface area contributed by atoms with Crippen molar-refractivity contribution in [1.82, 2.24) is 9.97 Å². The quantitative estimate of drug-likeness (QED) is 0.645. The van der Waals surface area contributed by atoms with Gasteiger partial charge in [-0.15, -0.1) is 0 Å². The van der Waals surface area contributed by atoms with Gasteiger partial charge in [-0.2, -0.15) is 0 Å². The predicted octanol–water partition coefficient (Wildman–Crippen LogP) is 0.807. The third-order valence-corrected chi connectivity index (χ3v) is 1.29. The van der Waals surface area contributed by atoms with E-state index in [9.17, 15) is 0 Å². The molecule has 3 N–H and O–H groups in total. The molecule has 0 aromatic carbocycles. The summed E-state index contributed by atoms with van der Waals surface area (Å²) in [6, 6.07) is 1.80. The number of nitrogens with two attached hydrogens (primary N) is 1. The van der Waals surface area contributed by atoms with Crippen LogP contribution in [0, 0.1) is 5.41 Å². The lowest BCUT2D eigenvalue weighted by Crippen LogP contribution is -1.96. The summed E-state index contributed by atoms with van der Waals surface area (Å²) in [6.45, 7) is 0. The molecule has 0 aliphatic rings. The van der Waals surface area contributed by atoms with Gasteiger partial charge in [-0.05, 0) is 12.1 Å². The van der Waals surface area contributed by atoms with Crippen LogP contribution in [0.4, 0.5) is 5.95 Å². The number of hydrogen-bond acceptors (Lipinski definition) is 4. The van der Waals surface area contributed by atoms with Crippen LogP contribution in [0.5, 0.6) is 0 Å². The fourth-order valence-corrected chi connectivity index (χ4v) is 0.783. The Morgan fingerprint density at radius 3 is 3.08 bits per heavy atom. The average Bonchev–Trinajstić information content (AvgIpc) is 2.05. The highest BCUT2D eigenvalue weighted by Gasteiger charge is 1.91. The molecule has 0 saturated heterocycles. The van der Waals surface area contributed by atoms with E-state index in [2.05, 4.69) is 9.97 Å². The summed E-state index contributed by atoms with van der Waals surface area (Å²) in [5.41, 5.74) is 6.23. The SMILES string of the molecule is N=C/C=C\Cc1ccnc(N)n1. The van der Waals surface area contributed by atoms with Gasteiger partial charge in [-0.1, -0.05) is 6.08 Å². The Morgan fingerprint density at radius 1 is 1.58 bits per heavy atom. The summed E-state index contributed by atoms with van der Waals surface area (Å²) >= 11 is 0. The molecular formula is C8H10N4. The van der Waals surface area contributed by atoms with E-state index in [-0.39, 0.29) is 5.95 Å². The number of allylic oxidation sites excluding steroid dienone is 2. The Kier molecular flexibility index (Phi) is 2.95. The third-order valence-electron chi connectivity index (χ3n) is 1.29. The minimum absolute atomic E-state index is 0.288. The van der Waals surface area contributed by atoms with E-state index in [0.717, 1.165) is 5.69 Å². The van der Waals surface area contributed by atoms with Crippen molar-refractivity contribution in [2.75, 3.05) is 5.73 Å². The van der Waals surface area contributed by atoms with E-state index in [0.29, 0.717) is 6.42 Å². The molecule has 62 valence electrons. The topological polar surface area (TPSA) is 75.7 Å². The van der Waals surface area contributed by atoms with E-state index in [1.54, 1.807) is 18.3 Å². The largest absolute Gasteiger partial charge is 0.368 e. The molecule has 12 heavy (non-hydrogen) atoms. The summed E-state index contributed by atoms with van der Waals surface area (Å²) in [5, 5.41) is 6.74. The number of rotatable bonds is 3. The molecule has 0 aliphatic heterocycles. The highest BCUT2D eigenvalue weighted by atomic mass is 15.0. The Balaban J connectivity index is 2.63.